The number of ether oxygens (including phenoxy) is 1. The molecule has 1 N–H and O–H groups in total. The van der Waals surface area contributed by atoms with Crippen molar-refractivity contribution in [2.45, 2.75) is 27.7 Å². The Balaban J connectivity index is 1.96. The van der Waals surface area contributed by atoms with Crippen LogP contribution in [0.15, 0.2) is 36.4 Å². The second-order valence-electron chi connectivity index (χ2n) is 5.33. The van der Waals surface area contributed by atoms with Gasteiger partial charge in [0.2, 0.25) is 0 Å². The molecule has 0 saturated heterocycles. The van der Waals surface area contributed by atoms with E-state index in [0.717, 1.165) is 28.1 Å². The highest BCUT2D eigenvalue weighted by Gasteiger charge is 2.07. The Kier molecular flexibility index (Phi) is 4.63. The van der Waals surface area contributed by atoms with Crippen molar-refractivity contribution in [2.75, 3.05) is 11.9 Å². The van der Waals surface area contributed by atoms with E-state index >= 15 is 0 Å². The predicted octanol–water partition coefficient (Wildman–Crippen LogP) is 3.94. The molecule has 0 fully saturated rings. The second kappa shape index (κ2) is 6.44. The third-order valence-electron chi connectivity index (χ3n) is 3.70. The van der Waals surface area contributed by atoms with Gasteiger partial charge in [-0.25, -0.2) is 0 Å². The van der Waals surface area contributed by atoms with Gasteiger partial charge in [0.05, 0.1) is 0 Å². The lowest BCUT2D eigenvalue weighted by molar-refractivity contribution is -0.118. The molecule has 110 valence electrons. The van der Waals surface area contributed by atoms with Crippen LogP contribution in [0.2, 0.25) is 0 Å². The molecule has 3 heteroatoms. The second-order valence-corrected chi connectivity index (χ2v) is 5.33. The molecule has 2 aromatic carbocycles. The highest BCUT2D eigenvalue weighted by atomic mass is 16.5. The molecule has 2 rings (SSSR count). The number of hydrogen-bond acceptors (Lipinski definition) is 2. The summed E-state index contributed by atoms with van der Waals surface area (Å²) >= 11 is 0. The van der Waals surface area contributed by atoms with E-state index in [1.54, 1.807) is 0 Å². The van der Waals surface area contributed by atoms with Crippen LogP contribution in [0, 0.1) is 27.7 Å². The van der Waals surface area contributed by atoms with Gasteiger partial charge >= 0.3 is 0 Å². The van der Waals surface area contributed by atoms with Crippen LogP contribution < -0.4 is 10.1 Å². The maximum Gasteiger partial charge on any atom is 0.262 e. The third kappa shape index (κ3) is 3.85. The van der Waals surface area contributed by atoms with Crippen LogP contribution in [0.4, 0.5) is 5.69 Å². The molecule has 1 amide bonds. The fourth-order valence-electron chi connectivity index (χ4n) is 2.04. The lowest BCUT2D eigenvalue weighted by atomic mass is 10.1. The van der Waals surface area contributed by atoms with E-state index in [9.17, 15) is 4.79 Å². The molecule has 0 aliphatic heterocycles. The summed E-state index contributed by atoms with van der Waals surface area (Å²) < 4.78 is 5.59. The first-order valence-corrected chi connectivity index (χ1v) is 7.03. The number of aryl methyl sites for hydroxylation is 3. The lowest BCUT2D eigenvalue weighted by Gasteiger charge is -2.11. The van der Waals surface area contributed by atoms with Gasteiger partial charge in [-0.3, -0.25) is 4.79 Å². The van der Waals surface area contributed by atoms with E-state index in [2.05, 4.69) is 5.32 Å². The molecular weight excluding hydrogens is 262 g/mol. The maximum atomic E-state index is 11.9. The third-order valence-corrected chi connectivity index (χ3v) is 3.70. The quantitative estimate of drug-likeness (QED) is 0.923. The van der Waals surface area contributed by atoms with Crippen LogP contribution in [0.25, 0.3) is 0 Å². The van der Waals surface area contributed by atoms with Crippen molar-refractivity contribution < 1.29 is 9.53 Å². The highest BCUT2D eigenvalue weighted by Crippen LogP contribution is 2.20. The predicted molar refractivity (Wildman–Crippen MR) is 86.0 cm³/mol. The summed E-state index contributed by atoms with van der Waals surface area (Å²) in [6.45, 7) is 8.10. The molecule has 0 atom stereocenters. The number of carbonyl (C=O) groups is 1. The first-order valence-electron chi connectivity index (χ1n) is 7.03. The zero-order chi connectivity index (χ0) is 15.4. The summed E-state index contributed by atoms with van der Waals surface area (Å²) in [7, 11) is 0. The SMILES string of the molecule is Cc1ccc(NC(=O)COc2cccc(C)c2C)cc1C. The van der Waals surface area contributed by atoms with Crippen molar-refractivity contribution in [1.29, 1.82) is 0 Å². The molecule has 2 aromatic rings. The largest absolute Gasteiger partial charge is 0.483 e. The Bertz CT molecular complexity index is 662. The average Bonchev–Trinajstić information content (AvgIpc) is 2.44. The van der Waals surface area contributed by atoms with Gasteiger partial charge in [-0.05, 0) is 68.1 Å². The molecule has 0 unspecified atom stereocenters. The Hall–Kier alpha value is -2.29. The molecule has 3 nitrogen and oxygen atoms in total. The number of benzene rings is 2. The number of nitrogens with one attached hydrogen (secondary N) is 1. The normalized spacial score (nSPS) is 10.3. The van der Waals surface area contributed by atoms with E-state index in [1.807, 2.05) is 64.1 Å². The molecule has 0 saturated carbocycles. The molecule has 0 radical (unpaired) electrons. The molecule has 0 bridgehead atoms. The van der Waals surface area contributed by atoms with Crippen LogP contribution >= 0.6 is 0 Å². The first kappa shape index (κ1) is 15.1. The van der Waals surface area contributed by atoms with Gasteiger partial charge in [0.15, 0.2) is 6.61 Å². The molecule has 0 heterocycles. The Labute approximate surface area is 126 Å². The van der Waals surface area contributed by atoms with E-state index < -0.39 is 0 Å². The molecule has 0 spiro atoms. The van der Waals surface area contributed by atoms with E-state index in [1.165, 1.54) is 5.56 Å². The molecule has 0 aliphatic carbocycles. The number of hydrogen-bond donors (Lipinski definition) is 1. The van der Waals surface area contributed by atoms with Crippen LogP contribution in [0.3, 0.4) is 0 Å². The zero-order valence-electron chi connectivity index (χ0n) is 13.0. The number of anilines is 1. The van der Waals surface area contributed by atoms with E-state index in [4.69, 9.17) is 4.74 Å². The molecular formula is C18H21NO2. The average molecular weight is 283 g/mol. The summed E-state index contributed by atoms with van der Waals surface area (Å²) in [6.07, 6.45) is 0. The molecule has 0 aliphatic rings. The number of carbonyl (C=O) groups excluding carboxylic acids is 1. The highest BCUT2D eigenvalue weighted by molar-refractivity contribution is 5.92. The van der Waals surface area contributed by atoms with Crippen molar-refractivity contribution in [3.63, 3.8) is 0 Å². The van der Waals surface area contributed by atoms with Crippen molar-refractivity contribution in [1.82, 2.24) is 0 Å². The van der Waals surface area contributed by atoms with Crippen molar-refractivity contribution in [2.24, 2.45) is 0 Å². The van der Waals surface area contributed by atoms with Crippen molar-refractivity contribution >= 4 is 11.6 Å². The summed E-state index contributed by atoms with van der Waals surface area (Å²) in [6, 6.07) is 11.7. The summed E-state index contributed by atoms with van der Waals surface area (Å²) in [5.41, 5.74) is 5.38. The maximum absolute atomic E-state index is 11.9. The number of rotatable bonds is 4. The first-order chi connectivity index (χ1) is 9.97. The lowest BCUT2D eigenvalue weighted by Crippen LogP contribution is -2.20. The topological polar surface area (TPSA) is 38.3 Å². The summed E-state index contributed by atoms with van der Waals surface area (Å²) in [5, 5.41) is 2.85. The fraction of sp³-hybridized carbons (Fsp3) is 0.278. The van der Waals surface area contributed by atoms with Gasteiger partial charge in [0.25, 0.3) is 5.91 Å². The van der Waals surface area contributed by atoms with Gasteiger partial charge in [0, 0.05) is 5.69 Å². The minimum Gasteiger partial charge on any atom is -0.483 e. The smallest absolute Gasteiger partial charge is 0.262 e. The van der Waals surface area contributed by atoms with Gasteiger partial charge < -0.3 is 10.1 Å². The molecule has 21 heavy (non-hydrogen) atoms. The van der Waals surface area contributed by atoms with Gasteiger partial charge in [-0.1, -0.05) is 18.2 Å². The van der Waals surface area contributed by atoms with Crippen molar-refractivity contribution in [3.05, 3.63) is 58.7 Å². The Morgan fingerprint density at radius 2 is 1.76 bits per heavy atom. The monoisotopic (exact) mass is 283 g/mol. The fourth-order valence-corrected chi connectivity index (χ4v) is 2.04. The Morgan fingerprint density at radius 1 is 1.00 bits per heavy atom. The zero-order valence-corrected chi connectivity index (χ0v) is 13.0. The molecule has 0 aromatic heterocycles. The van der Waals surface area contributed by atoms with Gasteiger partial charge in [0.1, 0.15) is 5.75 Å². The standard InChI is InChI=1S/C18H21NO2/c1-12-8-9-16(10-14(12)3)19-18(20)11-21-17-7-5-6-13(2)15(17)4/h5-10H,11H2,1-4H3,(H,19,20). The van der Waals surface area contributed by atoms with Crippen LogP contribution in [-0.2, 0) is 4.79 Å². The minimum absolute atomic E-state index is 0.0111. The van der Waals surface area contributed by atoms with Crippen LogP contribution in [-0.4, -0.2) is 12.5 Å². The van der Waals surface area contributed by atoms with Crippen molar-refractivity contribution in [3.8, 4) is 5.75 Å². The number of amides is 1. The minimum atomic E-state index is -0.154. The van der Waals surface area contributed by atoms with Gasteiger partial charge in [-0.15, -0.1) is 0 Å². The Morgan fingerprint density at radius 3 is 2.48 bits per heavy atom. The van der Waals surface area contributed by atoms with E-state index in [-0.39, 0.29) is 12.5 Å². The van der Waals surface area contributed by atoms with Crippen LogP contribution in [0.5, 0.6) is 5.75 Å². The summed E-state index contributed by atoms with van der Waals surface area (Å²) in [5.74, 6) is 0.601. The summed E-state index contributed by atoms with van der Waals surface area (Å²) in [4.78, 5) is 11.9. The van der Waals surface area contributed by atoms with Crippen LogP contribution in [0.1, 0.15) is 22.3 Å². The van der Waals surface area contributed by atoms with Gasteiger partial charge in [-0.2, -0.15) is 0 Å². The van der Waals surface area contributed by atoms with E-state index in [0.29, 0.717) is 0 Å².